The molecule has 0 bridgehead atoms. The Labute approximate surface area is 189 Å². The summed E-state index contributed by atoms with van der Waals surface area (Å²) in [6.45, 7) is 4.05. The molecule has 3 heterocycles. The molecule has 0 saturated heterocycles. The second-order valence-electron chi connectivity index (χ2n) is 6.90. The average Bonchev–Trinajstić information content (AvgIpc) is 3.38. The second kappa shape index (κ2) is 9.41. The summed E-state index contributed by atoms with van der Waals surface area (Å²) >= 11 is 7.41. The highest BCUT2D eigenvalue weighted by Crippen LogP contribution is 2.27. The maximum absolute atomic E-state index is 12.8. The van der Waals surface area contributed by atoms with Crippen molar-refractivity contribution >= 4 is 29.3 Å². The lowest BCUT2D eigenvalue weighted by atomic mass is 10.2. The van der Waals surface area contributed by atoms with Crippen molar-refractivity contribution in [2.45, 2.75) is 31.2 Å². The lowest BCUT2D eigenvalue weighted by Gasteiger charge is -2.08. The first-order valence-corrected chi connectivity index (χ1v) is 11.0. The van der Waals surface area contributed by atoms with Gasteiger partial charge in [-0.3, -0.25) is 4.79 Å². The Balaban J connectivity index is 1.41. The van der Waals surface area contributed by atoms with Gasteiger partial charge in [0.15, 0.2) is 0 Å². The van der Waals surface area contributed by atoms with Crippen LogP contribution in [0, 0.1) is 13.8 Å². The molecule has 31 heavy (non-hydrogen) atoms. The molecular weight excluding hydrogens is 434 g/mol. The van der Waals surface area contributed by atoms with Crippen LogP contribution in [0.5, 0.6) is 0 Å². The number of nitrogens with zero attached hydrogens (tertiary/aromatic N) is 2. The number of nitrogens with one attached hydrogen (secondary N) is 1. The minimum atomic E-state index is -0.209. The third kappa shape index (κ3) is 5.00. The summed E-state index contributed by atoms with van der Waals surface area (Å²) < 4.78 is 11.1. The van der Waals surface area contributed by atoms with Crippen molar-refractivity contribution in [3.8, 4) is 11.3 Å². The van der Waals surface area contributed by atoms with Crippen LogP contribution < -0.4 is 5.32 Å². The number of aryl methyl sites for hydroxylation is 2. The summed E-state index contributed by atoms with van der Waals surface area (Å²) in [5.74, 6) is 2.58. The minimum absolute atomic E-state index is 0.209. The predicted octanol–water partition coefficient (Wildman–Crippen LogP) is 5.82. The molecule has 158 valence electrons. The summed E-state index contributed by atoms with van der Waals surface area (Å²) in [6, 6.07) is 14.6. The number of rotatable bonds is 7. The van der Waals surface area contributed by atoms with Gasteiger partial charge >= 0.3 is 0 Å². The van der Waals surface area contributed by atoms with E-state index in [1.807, 2.05) is 50.2 Å². The molecule has 4 aromatic rings. The number of carbonyl (C=O) groups excluding carboxylic acids is 1. The zero-order chi connectivity index (χ0) is 21.8. The fraction of sp³-hybridized carbons (Fsp3) is 0.174. The van der Waals surface area contributed by atoms with E-state index in [-0.39, 0.29) is 12.5 Å². The maximum atomic E-state index is 12.8. The summed E-state index contributed by atoms with van der Waals surface area (Å²) in [7, 11) is 0. The highest BCUT2D eigenvalue weighted by molar-refractivity contribution is 7.98. The normalized spacial score (nSPS) is 10.9. The Kier molecular flexibility index (Phi) is 6.44. The Morgan fingerprint density at radius 1 is 1.13 bits per heavy atom. The second-order valence-corrected chi connectivity index (χ2v) is 8.30. The van der Waals surface area contributed by atoms with Gasteiger partial charge < -0.3 is 14.3 Å². The van der Waals surface area contributed by atoms with Gasteiger partial charge in [-0.1, -0.05) is 16.8 Å². The highest BCUT2D eigenvalue weighted by atomic mass is 35.5. The lowest BCUT2D eigenvalue weighted by molar-refractivity contribution is 0.0944. The summed E-state index contributed by atoms with van der Waals surface area (Å²) in [4.78, 5) is 17.2. The summed E-state index contributed by atoms with van der Waals surface area (Å²) in [5, 5.41) is 8.20. The van der Waals surface area contributed by atoms with E-state index in [9.17, 15) is 4.79 Å². The number of halogens is 1. The quantitative estimate of drug-likeness (QED) is 0.355. The van der Waals surface area contributed by atoms with E-state index in [1.54, 1.807) is 18.3 Å². The van der Waals surface area contributed by atoms with E-state index < -0.39 is 0 Å². The van der Waals surface area contributed by atoms with E-state index in [2.05, 4.69) is 15.5 Å². The van der Waals surface area contributed by atoms with E-state index in [4.69, 9.17) is 20.5 Å². The third-order valence-corrected chi connectivity index (χ3v) is 6.05. The van der Waals surface area contributed by atoms with E-state index in [0.29, 0.717) is 27.1 Å². The molecule has 0 aliphatic rings. The topological polar surface area (TPSA) is 81.2 Å². The zero-order valence-electron chi connectivity index (χ0n) is 17.0. The molecule has 8 heteroatoms. The van der Waals surface area contributed by atoms with Crippen molar-refractivity contribution in [3.63, 3.8) is 0 Å². The molecule has 0 spiro atoms. The first-order chi connectivity index (χ1) is 15.0. The molecule has 3 aromatic heterocycles. The van der Waals surface area contributed by atoms with E-state index in [1.165, 1.54) is 11.8 Å². The van der Waals surface area contributed by atoms with Gasteiger partial charge in [0.05, 0.1) is 17.8 Å². The molecule has 0 aliphatic carbocycles. The monoisotopic (exact) mass is 453 g/mol. The van der Waals surface area contributed by atoms with Gasteiger partial charge in [-0.25, -0.2) is 4.98 Å². The Hall–Kier alpha value is -3.03. The van der Waals surface area contributed by atoms with Crippen LogP contribution in [0.25, 0.3) is 11.3 Å². The Morgan fingerprint density at radius 2 is 1.94 bits per heavy atom. The number of pyridine rings is 1. The number of aromatic nitrogens is 2. The van der Waals surface area contributed by atoms with Crippen molar-refractivity contribution in [1.29, 1.82) is 0 Å². The molecule has 0 saturated carbocycles. The molecule has 0 fully saturated rings. The molecule has 1 amide bonds. The molecule has 0 aliphatic heterocycles. The molecule has 6 nitrogen and oxygen atoms in total. The first-order valence-electron chi connectivity index (χ1n) is 9.63. The van der Waals surface area contributed by atoms with Gasteiger partial charge in [0.2, 0.25) is 0 Å². The molecule has 1 N–H and O–H groups in total. The zero-order valence-corrected chi connectivity index (χ0v) is 18.6. The number of amides is 1. The minimum Gasteiger partial charge on any atom is -0.459 e. The van der Waals surface area contributed by atoms with Crippen molar-refractivity contribution < 1.29 is 13.7 Å². The third-order valence-electron chi connectivity index (χ3n) is 4.76. The van der Waals surface area contributed by atoms with Crippen LogP contribution in [-0.4, -0.2) is 16.0 Å². The van der Waals surface area contributed by atoms with Crippen LogP contribution in [0.15, 0.2) is 68.7 Å². The number of hydrogen-bond donors (Lipinski definition) is 1. The molecule has 4 rings (SSSR count). The highest BCUT2D eigenvalue weighted by Gasteiger charge is 2.16. The molecule has 0 unspecified atom stereocenters. The average molecular weight is 454 g/mol. The van der Waals surface area contributed by atoms with Crippen molar-refractivity contribution in [2.24, 2.45) is 0 Å². The number of thioether (sulfide) groups is 1. The lowest BCUT2D eigenvalue weighted by Crippen LogP contribution is -2.23. The largest absolute Gasteiger partial charge is 0.459 e. The standard InChI is InChI=1S/C23H20ClN3O3S/c1-14-20(15(2)30-27-14)13-31-23-19(4-3-11-25-23)22(28)26-12-18-9-10-21(29-18)16-5-7-17(24)8-6-16/h3-11H,12-13H2,1-2H3,(H,26,28). The van der Waals surface area contributed by atoms with Gasteiger partial charge in [0.25, 0.3) is 5.91 Å². The van der Waals surface area contributed by atoms with Crippen molar-refractivity contribution in [1.82, 2.24) is 15.5 Å². The fourth-order valence-corrected chi connectivity index (χ4v) is 4.30. The van der Waals surface area contributed by atoms with Crippen LogP contribution in [-0.2, 0) is 12.3 Å². The summed E-state index contributed by atoms with van der Waals surface area (Å²) in [5.41, 5.74) is 3.31. The van der Waals surface area contributed by atoms with Crippen molar-refractivity contribution in [3.05, 3.63) is 88.1 Å². The smallest absolute Gasteiger partial charge is 0.254 e. The Bertz CT molecular complexity index is 1180. The van der Waals surface area contributed by atoms with Crippen LogP contribution in [0.2, 0.25) is 5.02 Å². The van der Waals surface area contributed by atoms with Crippen LogP contribution in [0.3, 0.4) is 0 Å². The van der Waals surface area contributed by atoms with Gasteiger partial charge in [0, 0.05) is 28.1 Å². The number of carbonyl (C=O) groups is 1. The van der Waals surface area contributed by atoms with Crippen LogP contribution in [0.4, 0.5) is 0 Å². The van der Waals surface area contributed by atoms with Gasteiger partial charge in [-0.2, -0.15) is 0 Å². The summed E-state index contributed by atoms with van der Waals surface area (Å²) in [6.07, 6.45) is 1.68. The fourth-order valence-electron chi connectivity index (χ4n) is 3.03. The van der Waals surface area contributed by atoms with Gasteiger partial charge in [0.1, 0.15) is 22.3 Å². The Morgan fingerprint density at radius 3 is 2.68 bits per heavy atom. The first kappa shape index (κ1) is 21.2. The van der Waals surface area contributed by atoms with Crippen LogP contribution >= 0.6 is 23.4 Å². The predicted molar refractivity (Wildman–Crippen MR) is 120 cm³/mol. The van der Waals surface area contributed by atoms with E-state index in [0.717, 1.165) is 28.3 Å². The number of furan rings is 1. The van der Waals surface area contributed by atoms with Gasteiger partial charge in [-0.15, -0.1) is 11.8 Å². The van der Waals surface area contributed by atoms with Gasteiger partial charge in [-0.05, 0) is 62.4 Å². The number of hydrogen-bond acceptors (Lipinski definition) is 6. The maximum Gasteiger partial charge on any atom is 0.254 e. The SMILES string of the molecule is Cc1noc(C)c1CSc1ncccc1C(=O)NCc1ccc(-c2ccc(Cl)cc2)o1. The molecular formula is C23H20ClN3O3S. The molecule has 0 atom stereocenters. The molecule has 0 radical (unpaired) electrons. The van der Waals surface area contributed by atoms with Crippen molar-refractivity contribution in [2.75, 3.05) is 0 Å². The number of benzene rings is 1. The van der Waals surface area contributed by atoms with E-state index >= 15 is 0 Å². The molecule has 1 aromatic carbocycles. The van der Waals surface area contributed by atoms with Crippen LogP contribution in [0.1, 0.15) is 33.1 Å².